The molecule has 0 aliphatic rings. The molecule has 0 fully saturated rings. The molecule has 0 amide bonds. The van der Waals surface area contributed by atoms with Gasteiger partial charge in [0.2, 0.25) is 0 Å². The summed E-state index contributed by atoms with van der Waals surface area (Å²) in [5.41, 5.74) is 2.24. The third-order valence-electron chi connectivity index (χ3n) is 3.57. The van der Waals surface area contributed by atoms with Crippen LogP contribution in [-0.4, -0.2) is 34.6 Å². The number of likely N-dealkylation sites (N-methyl/N-ethyl adjacent to an activating group) is 1. The van der Waals surface area contributed by atoms with E-state index in [9.17, 15) is 0 Å². The largest absolute Gasteiger partial charge is 0.494 e. The predicted molar refractivity (Wildman–Crippen MR) is 84.3 cm³/mol. The predicted octanol–water partition coefficient (Wildman–Crippen LogP) is 2.94. The van der Waals surface area contributed by atoms with E-state index in [1.807, 2.05) is 25.3 Å². The van der Waals surface area contributed by atoms with Crippen LogP contribution >= 0.6 is 0 Å². The monoisotopic (exact) mass is 285 g/mol. The van der Waals surface area contributed by atoms with Crippen molar-refractivity contribution in [2.45, 2.75) is 32.9 Å². The molecule has 0 radical (unpaired) electrons. The fourth-order valence-electron chi connectivity index (χ4n) is 2.25. The Morgan fingerprint density at radius 1 is 1.24 bits per heavy atom. The summed E-state index contributed by atoms with van der Waals surface area (Å²) >= 11 is 0. The highest BCUT2D eigenvalue weighted by Gasteiger charge is 2.13. The smallest absolute Gasteiger partial charge is 0.123 e. The summed E-state index contributed by atoms with van der Waals surface area (Å²) in [5, 5.41) is 0. The molecule has 0 saturated carbocycles. The summed E-state index contributed by atoms with van der Waals surface area (Å²) in [6.45, 7) is 5.77. The lowest BCUT2D eigenvalue weighted by Gasteiger charge is -2.25. The van der Waals surface area contributed by atoms with Gasteiger partial charge in [-0.1, -0.05) is 18.2 Å². The first-order valence-corrected chi connectivity index (χ1v) is 7.36. The van der Waals surface area contributed by atoms with E-state index in [0.717, 1.165) is 24.4 Å². The van der Waals surface area contributed by atoms with Crippen molar-refractivity contribution in [1.29, 1.82) is 0 Å². The van der Waals surface area contributed by atoms with Crippen molar-refractivity contribution in [1.82, 2.24) is 14.9 Å². The number of para-hydroxylation sites is 1. The van der Waals surface area contributed by atoms with Gasteiger partial charge in [-0.05, 0) is 27.0 Å². The summed E-state index contributed by atoms with van der Waals surface area (Å²) in [5.74, 6) is 0.971. The first-order valence-electron chi connectivity index (χ1n) is 7.36. The highest BCUT2D eigenvalue weighted by atomic mass is 16.5. The van der Waals surface area contributed by atoms with Gasteiger partial charge in [0.15, 0.2) is 0 Å². The van der Waals surface area contributed by atoms with E-state index in [1.54, 1.807) is 12.4 Å². The molecule has 0 bridgehead atoms. The third-order valence-corrected chi connectivity index (χ3v) is 3.57. The Kier molecular flexibility index (Phi) is 5.69. The molecule has 112 valence electrons. The molecule has 2 aromatic rings. The molecule has 0 aliphatic heterocycles. The zero-order valence-electron chi connectivity index (χ0n) is 13.0. The van der Waals surface area contributed by atoms with E-state index in [2.05, 4.69) is 41.0 Å². The second-order valence-corrected chi connectivity index (χ2v) is 5.21. The SMILES string of the molecule is CCOc1ccccc1CN(C)C(C)Cc1cnccn1. The standard InChI is InChI=1S/C17H23N3O/c1-4-21-17-8-6-5-7-15(17)13-20(3)14(2)11-16-12-18-9-10-19-16/h5-10,12,14H,4,11,13H2,1-3H3. The topological polar surface area (TPSA) is 38.2 Å². The van der Waals surface area contributed by atoms with Crippen molar-refractivity contribution in [3.05, 3.63) is 54.1 Å². The Bertz CT molecular complexity index is 545. The fourth-order valence-corrected chi connectivity index (χ4v) is 2.25. The molecule has 2 rings (SSSR count). The minimum Gasteiger partial charge on any atom is -0.494 e. The number of hydrogen-bond acceptors (Lipinski definition) is 4. The number of aromatic nitrogens is 2. The number of benzene rings is 1. The Hall–Kier alpha value is -1.94. The van der Waals surface area contributed by atoms with Crippen molar-refractivity contribution >= 4 is 0 Å². The molecule has 1 unspecified atom stereocenters. The van der Waals surface area contributed by atoms with Crippen LogP contribution in [0.2, 0.25) is 0 Å². The van der Waals surface area contributed by atoms with Gasteiger partial charge in [-0.25, -0.2) is 0 Å². The van der Waals surface area contributed by atoms with E-state index >= 15 is 0 Å². The zero-order valence-corrected chi connectivity index (χ0v) is 13.0. The van der Waals surface area contributed by atoms with Crippen LogP contribution in [0.15, 0.2) is 42.9 Å². The fraction of sp³-hybridized carbons (Fsp3) is 0.412. The van der Waals surface area contributed by atoms with Crippen molar-refractivity contribution in [3.8, 4) is 5.75 Å². The van der Waals surface area contributed by atoms with Crippen molar-refractivity contribution in [2.75, 3.05) is 13.7 Å². The summed E-state index contributed by atoms with van der Waals surface area (Å²) in [4.78, 5) is 10.8. The van der Waals surface area contributed by atoms with Gasteiger partial charge in [0.25, 0.3) is 0 Å². The minimum atomic E-state index is 0.386. The summed E-state index contributed by atoms with van der Waals surface area (Å²) in [6, 6.07) is 8.60. The van der Waals surface area contributed by atoms with Gasteiger partial charge in [-0.2, -0.15) is 0 Å². The average Bonchev–Trinajstić information content (AvgIpc) is 2.50. The molecular formula is C17H23N3O. The van der Waals surface area contributed by atoms with Crippen LogP contribution in [0.1, 0.15) is 25.1 Å². The molecule has 0 aliphatic carbocycles. The van der Waals surface area contributed by atoms with Gasteiger partial charge < -0.3 is 4.74 Å². The second kappa shape index (κ2) is 7.74. The summed E-state index contributed by atoms with van der Waals surface area (Å²) in [6.07, 6.45) is 6.17. The van der Waals surface area contributed by atoms with E-state index in [1.165, 1.54) is 5.56 Å². The molecule has 0 spiro atoms. The highest BCUT2D eigenvalue weighted by molar-refractivity contribution is 5.33. The number of hydrogen-bond donors (Lipinski definition) is 0. The van der Waals surface area contributed by atoms with Gasteiger partial charge in [0, 0.05) is 43.2 Å². The molecule has 0 N–H and O–H groups in total. The second-order valence-electron chi connectivity index (χ2n) is 5.21. The van der Waals surface area contributed by atoms with Crippen LogP contribution in [0.4, 0.5) is 0 Å². The average molecular weight is 285 g/mol. The molecule has 1 aromatic heterocycles. The lowest BCUT2D eigenvalue weighted by molar-refractivity contribution is 0.240. The highest BCUT2D eigenvalue weighted by Crippen LogP contribution is 2.20. The van der Waals surface area contributed by atoms with Crippen LogP contribution in [0.5, 0.6) is 5.75 Å². The molecule has 1 heterocycles. The van der Waals surface area contributed by atoms with E-state index < -0.39 is 0 Å². The maximum atomic E-state index is 5.69. The Morgan fingerprint density at radius 3 is 2.76 bits per heavy atom. The molecule has 1 atom stereocenters. The molecule has 4 heteroatoms. The quantitative estimate of drug-likeness (QED) is 0.784. The van der Waals surface area contributed by atoms with Crippen molar-refractivity contribution in [2.24, 2.45) is 0 Å². The lowest BCUT2D eigenvalue weighted by atomic mass is 10.1. The third kappa shape index (κ3) is 4.53. The van der Waals surface area contributed by atoms with Crippen molar-refractivity contribution < 1.29 is 4.74 Å². The maximum Gasteiger partial charge on any atom is 0.123 e. The Labute approximate surface area is 126 Å². The number of ether oxygens (including phenoxy) is 1. The van der Waals surface area contributed by atoms with Crippen LogP contribution in [0.3, 0.4) is 0 Å². The number of nitrogens with zero attached hydrogens (tertiary/aromatic N) is 3. The van der Waals surface area contributed by atoms with Gasteiger partial charge in [0.1, 0.15) is 5.75 Å². The van der Waals surface area contributed by atoms with Crippen LogP contribution in [0, 0.1) is 0 Å². The zero-order chi connectivity index (χ0) is 15.1. The molecule has 4 nitrogen and oxygen atoms in total. The lowest BCUT2D eigenvalue weighted by Crippen LogP contribution is -2.30. The van der Waals surface area contributed by atoms with Crippen LogP contribution < -0.4 is 4.74 Å². The minimum absolute atomic E-state index is 0.386. The van der Waals surface area contributed by atoms with Gasteiger partial charge in [-0.3, -0.25) is 14.9 Å². The van der Waals surface area contributed by atoms with E-state index in [4.69, 9.17) is 4.74 Å². The molecule has 0 saturated heterocycles. The van der Waals surface area contributed by atoms with Crippen molar-refractivity contribution in [3.63, 3.8) is 0 Å². The first kappa shape index (κ1) is 15.4. The van der Waals surface area contributed by atoms with Crippen LogP contribution in [-0.2, 0) is 13.0 Å². The van der Waals surface area contributed by atoms with Gasteiger partial charge in [0.05, 0.1) is 12.3 Å². The van der Waals surface area contributed by atoms with Crippen LogP contribution in [0.25, 0.3) is 0 Å². The molecular weight excluding hydrogens is 262 g/mol. The number of rotatable bonds is 7. The van der Waals surface area contributed by atoms with E-state index in [-0.39, 0.29) is 0 Å². The summed E-state index contributed by atoms with van der Waals surface area (Å²) < 4.78 is 5.69. The normalized spacial score (nSPS) is 12.4. The Morgan fingerprint density at radius 2 is 2.05 bits per heavy atom. The Balaban J connectivity index is 1.99. The molecule has 21 heavy (non-hydrogen) atoms. The summed E-state index contributed by atoms with van der Waals surface area (Å²) in [7, 11) is 2.13. The van der Waals surface area contributed by atoms with Gasteiger partial charge >= 0.3 is 0 Å². The molecule has 1 aromatic carbocycles. The van der Waals surface area contributed by atoms with E-state index in [0.29, 0.717) is 12.6 Å². The maximum absolute atomic E-state index is 5.69. The van der Waals surface area contributed by atoms with Gasteiger partial charge in [-0.15, -0.1) is 0 Å². The first-order chi connectivity index (χ1) is 10.2.